The van der Waals surface area contributed by atoms with E-state index in [2.05, 4.69) is 10.5 Å². The van der Waals surface area contributed by atoms with Crippen LogP contribution in [-0.4, -0.2) is 21.6 Å². The van der Waals surface area contributed by atoms with Crippen molar-refractivity contribution in [3.05, 3.63) is 28.3 Å². The summed E-state index contributed by atoms with van der Waals surface area (Å²) in [6.45, 7) is 0. The molecule has 0 unspecified atom stereocenters. The molecular weight excluding hydrogens is 240 g/mol. The highest BCUT2D eigenvalue weighted by Gasteiger charge is 2.13. The van der Waals surface area contributed by atoms with Crippen molar-refractivity contribution in [2.75, 3.05) is 5.43 Å². The van der Waals surface area contributed by atoms with Gasteiger partial charge in [0.2, 0.25) is 5.71 Å². The normalized spacial score (nSPS) is 10.5. The van der Waals surface area contributed by atoms with Gasteiger partial charge in [-0.15, -0.1) is 0 Å². The minimum atomic E-state index is -0.763. The lowest BCUT2D eigenvalue weighted by atomic mass is 10.2. The van der Waals surface area contributed by atoms with Crippen molar-refractivity contribution in [3.8, 4) is 11.8 Å². The average Bonchev–Trinajstić information content (AvgIpc) is 2.31. The molecule has 1 aromatic carbocycles. The quantitative estimate of drug-likeness (QED) is 0.199. The van der Waals surface area contributed by atoms with Crippen molar-refractivity contribution in [1.82, 2.24) is 0 Å². The number of benzene rings is 1. The summed E-state index contributed by atoms with van der Waals surface area (Å²) >= 11 is 0. The third-order valence-electron chi connectivity index (χ3n) is 1.83. The van der Waals surface area contributed by atoms with E-state index < -0.39 is 22.2 Å². The SMILES string of the molecule is N#C/C(=N\Nc1ccc(O)c([N+](=O)[O-])c1)C(=N)N. The molecule has 0 atom stereocenters. The van der Waals surface area contributed by atoms with Crippen LogP contribution in [0.1, 0.15) is 0 Å². The monoisotopic (exact) mass is 248 g/mol. The summed E-state index contributed by atoms with van der Waals surface area (Å²) < 4.78 is 0. The van der Waals surface area contributed by atoms with E-state index in [9.17, 15) is 15.2 Å². The van der Waals surface area contributed by atoms with Gasteiger partial charge in [0.15, 0.2) is 11.6 Å². The molecule has 9 nitrogen and oxygen atoms in total. The van der Waals surface area contributed by atoms with Gasteiger partial charge in [0, 0.05) is 6.07 Å². The minimum absolute atomic E-state index is 0.175. The predicted molar refractivity (Wildman–Crippen MR) is 63.3 cm³/mol. The third kappa shape index (κ3) is 2.92. The summed E-state index contributed by atoms with van der Waals surface area (Å²) in [4.78, 5) is 9.79. The first-order valence-corrected chi connectivity index (χ1v) is 4.51. The first-order valence-electron chi connectivity index (χ1n) is 4.51. The maximum atomic E-state index is 10.6. The van der Waals surface area contributed by atoms with Crippen molar-refractivity contribution in [3.63, 3.8) is 0 Å². The van der Waals surface area contributed by atoms with Crippen LogP contribution in [0.3, 0.4) is 0 Å². The molecule has 0 amide bonds. The number of nitrogens with zero attached hydrogens (tertiary/aromatic N) is 3. The Kier molecular flexibility index (Phi) is 3.78. The first kappa shape index (κ1) is 12.9. The largest absolute Gasteiger partial charge is 0.502 e. The van der Waals surface area contributed by atoms with Crippen molar-refractivity contribution in [2.45, 2.75) is 0 Å². The molecule has 0 bridgehead atoms. The molecule has 5 N–H and O–H groups in total. The molecule has 1 aromatic rings. The number of nitrogens with one attached hydrogen (secondary N) is 2. The number of hydrazone groups is 1. The number of nitrogens with two attached hydrogens (primary N) is 1. The fourth-order valence-corrected chi connectivity index (χ4v) is 1.01. The predicted octanol–water partition coefficient (Wildman–Crippen LogP) is 0.528. The Hall–Kier alpha value is -3.15. The lowest BCUT2D eigenvalue weighted by Gasteiger charge is -2.02. The van der Waals surface area contributed by atoms with Gasteiger partial charge >= 0.3 is 5.69 Å². The van der Waals surface area contributed by atoms with Gasteiger partial charge in [0.1, 0.15) is 6.07 Å². The summed E-state index contributed by atoms with van der Waals surface area (Å²) in [5.74, 6) is -1.01. The summed E-state index contributed by atoms with van der Waals surface area (Å²) in [5.41, 5.74) is 6.70. The summed E-state index contributed by atoms with van der Waals surface area (Å²) in [6, 6.07) is 5.04. The zero-order valence-electron chi connectivity index (χ0n) is 8.91. The van der Waals surface area contributed by atoms with E-state index in [-0.39, 0.29) is 11.4 Å². The van der Waals surface area contributed by atoms with Crippen LogP contribution < -0.4 is 11.2 Å². The van der Waals surface area contributed by atoms with E-state index >= 15 is 0 Å². The molecule has 0 heterocycles. The van der Waals surface area contributed by atoms with Crippen molar-refractivity contribution in [1.29, 1.82) is 10.7 Å². The molecule has 0 fully saturated rings. The maximum Gasteiger partial charge on any atom is 0.312 e. The number of nitriles is 1. The Morgan fingerprint density at radius 2 is 2.33 bits per heavy atom. The lowest BCUT2D eigenvalue weighted by molar-refractivity contribution is -0.385. The molecule has 9 heteroatoms. The molecule has 0 radical (unpaired) electrons. The molecule has 0 aliphatic rings. The summed E-state index contributed by atoms with van der Waals surface area (Å²) in [7, 11) is 0. The Balaban J connectivity index is 3.00. The van der Waals surface area contributed by atoms with Gasteiger partial charge in [0.25, 0.3) is 0 Å². The Morgan fingerprint density at radius 3 is 2.83 bits per heavy atom. The molecule has 0 aliphatic carbocycles. The van der Waals surface area contributed by atoms with Crippen LogP contribution in [0.25, 0.3) is 0 Å². The molecule has 0 aliphatic heterocycles. The second-order valence-corrected chi connectivity index (χ2v) is 3.06. The Bertz CT molecular complexity index is 574. The van der Waals surface area contributed by atoms with Gasteiger partial charge in [-0.05, 0) is 12.1 Å². The number of aromatic hydroxyl groups is 1. The first-order chi connectivity index (χ1) is 8.45. The van der Waals surface area contributed by atoms with Crippen LogP contribution in [0, 0.1) is 26.9 Å². The Labute approximate surface area is 101 Å². The van der Waals surface area contributed by atoms with Gasteiger partial charge in [-0.25, -0.2) is 0 Å². The van der Waals surface area contributed by atoms with E-state index in [1.165, 1.54) is 6.07 Å². The fraction of sp³-hybridized carbons (Fsp3) is 0. The number of anilines is 1. The fourth-order valence-electron chi connectivity index (χ4n) is 1.01. The van der Waals surface area contributed by atoms with E-state index in [1.807, 2.05) is 0 Å². The number of rotatable bonds is 4. The number of phenolic OH excluding ortho intramolecular Hbond substituents is 1. The second kappa shape index (κ2) is 5.26. The number of hydrogen-bond acceptors (Lipinski definition) is 7. The van der Waals surface area contributed by atoms with Crippen LogP contribution >= 0.6 is 0 Å². The van der Waals surface area contributed by atoms with Crippen molar-refractivity contribution in [2.24, 2.45) is 10.8 Å². The number of phenols is 1. The van der Waals surface area contributed by atoms with Crippen LogP contribution in [0.4, 0.5) is 11.4 Å². The number of nitro benzene ring substituents is 1. The van der Waals surface area contributed by atoms with E-state index in [4.69, 9.17) is 16.4 Å². The molecule has 18 heavy (non-hydrogen) atoms. The lowest BCUT2D eigenvalue weighted by Crippen LogP contribution is -2.21. The molecule has 0 saturated carbocycles. The van der Waals surface area contributed by atoms with Crippen molar-refractivity contribution >= 4 is 22.9 Å². The van der Waals surface area contributed by atoms with Crippen LogP contribution in [0.2, 0.25) is 0 Å². The van der Waals surface area contributed by atoms with Gasteiger partial charge in [-0.1, -0.05) is 0 Å². The smallest absolute Gasteiger partial charge is 0.312 e. The van der Waals surface area contributed by atoms with E-state index in [0.717, 1.165) is 12.1 Å². The maximum absolute atomic E-state index is 10.6. The van der Waals surface area contributed by atoms with Crippen LogP contribution in [-0.2, 0) is 0 Å². The number of hydrogen-bond donors (Lipinski definition) is 4. The Morgan fingerprint density at radius 1 is 1.67 bits per heavy atom. The van der Waals surface area contributed by atoms with E-state index in [0.29, 0.717) is 0 Å². The number of nitro groups is 1. The van der Waals surface area contributed by atoms with Crippen LogP contribution in [0.15, 0.2) is 23.3 Å². The van der Waals surface area contributed by atoms with Gasteiger partial charge < -0.3 is 10.8 Å². The zero-order chi connectivity index (χ0) is 13.7. The molecule has 0 spiro atoms. The molecular formula is C9H8N6O3. The van der Waals surface area contributed by atoms with Gasteiger partial charge in [0.05, 0.1) is 10.6 Å². The second-order valence-electron chi connectivity index (χ2n) is 3.06. The summed E-state index contributed by atoms with van der Waals surface area (Å²) in [5, 5.41) is 38.8. The zero-order valence-corrected chi connectivity index (χ0v) is 8.91. The van der Waals surface area contributed by atoms with Crippen LogP contribution in [0.5, 0.6) is 5.75 Å². The third-order valence-corrected chi connectivity index (χ3v) is 1.83. The molecule has 0 saturated heterocycles. The van der Waals surface area contributed by atoms with Gasteiger partial charge in [-0.3, -0.25) is 20.9 Å². The van der Waals surface area contributed by atoms with E-state index in [1.54, 1.807) is 6.07 Å². The highest BCUT2D eigenvalue weighted by atomic mass is 16.6. The highest BCUT2D eigenvalue weighted by Crippen LogP contribution is 2.28. The molecule has 1 rings (SSSR count). The number of amidine groups is 1. The standard InChI is InChI=1S/C9H8N6O3/c10-4-6(9(11)12)14-13-5-1-2-8(16)7(3-5)15(17)18/h1-3,13,16H,(H3,11,12)/b14-6+. The summed E-state index contributed by atoms with van der Waals surface area (Å²) in [6.07, 6.45) is 0. The molecule has 92 valence electrons. The van der Waals surface area contributed by atoms with Gasteiger partial charge in [-0.2, -0.15) is 10.4 Å². The topological polar surface area (TPSA) is 161 Å². The average molecular weight is 248 g/mol. The minimum Gasteiger partial charge on any atom is -0.502 e. The highest BCUT2D eigenvalue weighted by molar-refractivity contribution is 6.45. The van der Waals surface area contributed by atoms with Crippen molar-refractivity contribution < 1.29 is 10.0 Å². The molecule has 0 aromatic heterocycles.